The standard InChI is InChI=1S/C8H9BrFNO2/c9-6-2-1-5(10)3-7(6)13-4-8(11)12/h1-3,8,12H,4,11H2/t8-/m0/s1. The van der Waals surface area contributed by atoms with Crippen LogP contribution in [0, 0.1) is 5.82 Å². The normalized spacial score (nSPS) is 12.6. The number of hydrogen-bond donors (Lipinski definition) is 2. The highest BCUT2D eigenvalue weighted by molar-refractivity contribution is 9.10. The molecule has 72 valence electrons. The Hall–Kier alpha value is -0.650. The Morgan fingerprint density at radius 1 is 1.62 bits per heavy atom. The van der Waals surface area contributed by atoms with E-state index < -0.39 is 12.0 Å². The van der Waals surface area contributed by atoms with Gasteiger partial charge in [0.15, 0.2) is 0 Å². The van der Waals surface area contributed by atoms with Crippen LogP contribution in [0.3, 0.4) is 0 Å². The van der Waals surface area contributed by atoms with Gasteiger partial charge in [0.2, 0.25) is 0 Å². The number of benzene rings is 1. The first-order chi connectivity index (χ1) is 6.09. The molecule has 0 aromatic heterocycles. The fourth-order valence-corrected chi connectivity index (χ4v) is 1.12. The van der Waals surface area contributed by atoms with Crippen molar-refractivity contribution < 1.29 is 14.2 Å². The number of ether oxygens (including phenoxy) is 1. The molecule has 0 bridgehead atoms. The van der Waals surface area contributed by atoms with E-state index in [1.54, 1.807) is 0 Å². The Labute approximate surface area is 83.4 Å². The van der Waals surface area contributed by atoms with Crippen LogP contribution in [-0.4, -0.2) is 17.9 Å². The summed E-state index contributed by atoms with van der Waals surface area (Å²) in [4.78, 5) is 0. The van der Waals surface area contributed by atoms with E-state index in [2.05, 4.69) is 15.9 Å². The van der Waals surface area contributed by atoms with Crippen molar-refractivity contribution in [3.63, 3.8) is 0 Å². The van der Waals surface area contributed by atoms with E-state index in [0.29, 0.717) is 10.2 Å². The molecule has 5 heteroatoms. The maximum Gasteiger partial charge on any atom is 0.136 e. The molecule has 3 nitrogen and oxygen atoms in total. The summed E-state index contributed by atoms with van der Waals surface area (Å²) in [7, 11) is 0. The molecule has 0 spiro atoms. The second-order valence-corrected chi connectivity index (χ2v) is 3.31. The zero-order valence-corrected chi connectivity index (χ0v) is 8.29. The van der Waals surface area contributed by atoms with Crippen LogP contribution in [-0.2, 0) is 0 Å². The van der Waals surface area contributed by atoms with E-state index in [1.807, 2.05) is 0 Å². The van der Waals surface area contributed by atoms with E-state index in [-0.39, 0.29) is 6.61 Å². The fourth-order valence-electron chi connectivity index (χ4n) is 0.763. The Balaban J connectivity index is 2.70. The van der Waals surface area contributed by atoms with Gasteiger partial charge in [0.1, 0.15) is 24.4 Å². The zero-order chi connectivity index (χ0) is 9.84. The average Bonchev–Trinajstić information content (AvgIpc) is 2.06. The predicted molar refractivity (Wildman–Crippen MR) is 49.8 cm³/mol. The van der Waals surface area contributed by atoms with Crippen LogP contribution in [0.1, 0.15) is 0 Å². The average molecular weight is 250 g/mol. The second kappa shape index (κ2) is 4.55. The van der Waals surface area contributed by atoms with Gasteiger partial charge in [-0.15, -0.1) is 0 Å². The van der Waals surface area contributed by atoms with Crippen molar-refractivity contribution in [3.8, 4) is 5.75 Å². The predicted octanol–water partition coefficient (Wildman–Crippen LogP) is 1.24. The molecule has 13 heavy (non-hydrogen) atoms. The van der Waals surface area contributed by atoms with Crippen LogP contribution in [0.5, 0.6) is 5.75 Å². The Kier molecular flexibility index (Phi) is 3.65. The Bertz CT molecular complexity index is 293. The van der Waals surface area contributed by atoms with Gasteiger partial charge in [0, 0.05) is 6.07 Å². The summed E-state index contributed by atoms with van der Waals surface area (Å²) in [6.45, 7) is -0.0674. The van der Waals surface area contributed by atoms with E-state index in [0.717, 1.165) is 0 Å². The molecule has 0 radical (unpaired) electrons. The number of rotatable bonds is 3. The maximum atomic E-state index is 12.7. The summed E-state index contributed by atoms with van der Waals surface area (Å²) in [5.74, 6) is -0.0748. The smallest absolute Gasteiger partial charge is 0.136 e. The fraction of sp³-hybridized carbons (Fsp3) is 0.250. The molecule has 1 aromatic carbocycles. The first-order valence-electron chi connectivity index (χ1n) is 3.61. The van der Waals surface area contributed by atoms with E-state index in [9.17, 15) is 4.39 Å². The zero-order valence-electron chi connectivity index (χ0n) is 6.71. The molecule has 0 aliphatic heterocycles. The summed E-state index contributed by atoms with van der Waals surface area (Å²) in [5, 5.41) is 8.72. The van der Waals surface area contributed by atoms with Crippen LogP contribution >= 0.6 is 15.9 Å². The minimum Gasteiger partial charge on any atom is -0.488 e. The van der Waals surface area contributed by atoms with Crippen LogP contribution < -0.4 is 10.5 Å². The SMILES string of the molecule is N[C@@H](O)COc1cc(F)ccc1Br. The quantitative estimate of drug-likeness (QED) is 0.793. The van der Waals surface area contributed by atoms with Gasteiger partial charge in [-0.1, -0.05) is 0 Å². The molecule has 0 heterocycles. The number of halogens is 2. The van der Waals surface area contributed by atoms with Crippen LogP contribution in [0.4, 0.5) is 4.39 Å². The number of aliphatic hydroxyl groups is 1. The molecule has 0 saturated carbocycles. The minimum atomic E-state index is -1.06. The molecule has 0 aliphatic rings. The first kappa shape index (κ1) is 10.4. The molecule has 1 rings (SSSR count). The largest absolute Gasteiger partial charge is 0.488 e. The highest BCUT2D eigenvalue weighted by Crippen LogP contribution is 2.25. The van der Waals surface area contributed by atoms with Gasteiger partial charge in [0.25, 0.3) is 0 Å². The van der Waals surface area contributed by atoms with Crippen molar-refractivity contribution in [1.29, 1.82) is 0 Å². The van der Waals surface area contributed by atoms with Gasteiger partial charge in [-0.05, 0) is 28.1 Å². The van der Waals surface area contributed by atoms with Gasteiger partial charge in [0.05, 0.1) is 4.47 Å². The molecular formula is C8H9BrFNO2. The van der Waals surface area contributed by atoms with Gasteiger partial charge >= 0.3 is 0 Å². The van der Waals surface area contributed by atoms with Crippen LogP contribution in [0.15, 0.2) is 22.7 Å². The van der Waals surface area contributed by atoms with Crippen LogP contribution in [0.2, 0.25) is 0 Å². The summed E-state index contributed by atoms with van der Waals surface area (Å²) < 4.78 is 18.3. The van der Waals surface area contributed by atoms with Gasteiger partial charge in [-0.2, -0.15) is 0 Å². The summed E-state index contributed by atoms with van der Waals surface area (Å²) in [6, 6.07) is 4.04. The first-order valence-corrected chi connectivity index (χ1v) is 4.40. The Morgan fingerprint density at radius 2 is 2.31 bits per heavy atom. The van der Waals surface area contributed by atoms with Crippen molar-refractivity contribution in [2.75, 3.05) is 6.61 Å². The van der Waals surface area contributed by atoms with E-state index in [1.165, 1.54) is 18.2 Å². The molecular weight excluding hydrogens is 241 g/mol. The third-order valence-corrected chi connectivity index (χ3v) is 1.96. The van der Waals surface area contributed by atoms with E-state index in [4.69, 9.17) is 15.6 Å². The topological polar surface area (TPSA) is 55.5 Å². The Morgan fingerprint density at radius 3 is 2.92 bits per heavy atom. The number of nitrogens with two attached hydrogens (primary N) is 1. The lowest BCUT2D eigenvalue weighted by atomic mass is 10.3. The van der Waals surface area contributed by atoms with Gasteiger partial charge in [-0.25, -0.2) is 4.39 Å². The lowest BCUT2D eigenvalue weighted by molar-refractivity contribution is 0.112. The van der Waals surface area contributed by atoms with Crippen molar-refractivity contribution in [3.05, 3.63) is 28.5 Å². The third kappa shape index (κ3) is 3.30. The lowest BCUT2D eigenvalue weighted by Gasteiger charge is -2.09. The number of aliphatic hydroxyl groups excluding tert-OH is 1. The molecule has 0 amide bonds. The van der Waals surface area contributed by atoms with Crippen LogP contribution in [0.25, 0.3) is 0 Å². The third-order valence-electron chi connectivity index (χ3n) is 1.30. The molecule has 1 aromatic rings. The molecule has 3 N–H and O–H groups in total. The monoisotopic (exact) mass is 249 g/mol. The molecule has 0 aliphatic carbocycles. The summed E-state index contributed by atoms with van der Waals surface area (Å²) >= 11 is 3.17. The highest BCUT2D eigenvalue weighted by Gasteiger charge is 2.04. The van der Waals surface area contributed by atoms with Crippen molar-refractivity contribution in [2.24, 2.45) is 5.73 Å². The van der Waals surface area contributed by atoms with Crippen molar-refractivity contribution in [2.45, 2.75) is 6.23 Å². The molecule has 1 atom stereocenters. The molecule has 0 fully saturated rings. The second-order valence-electron chi connectivity index (χ2n) is 2.45. The molecule has 0 unspecified atom stereocenters. The van der Waals surface area contributed by atoms with Gasteiger partial charge in [-0.3, -0.25) is 0 Å². The maximum absolute atomic E-state index is 12.7. The summed E-state index contributed by atoms with van der Waals surface area (Å²) in [6.07, 6.45) is -1.06. The lowest BCUT2D eigenvalue weighted by Crippen LogP contribution is -2.26. The summed E-state index contributed by atoms with van der Waals surface area (Å²) in [5.41, 5.74) is 5.05. The van der Waals surface area contributed by atoms with Crippen molar-refractivity contribution >= 4 is 15.9 Å². The highest BCUT2D eigenvalue weighted by atomic mass is 79.9. The number of hydrogen-bond acceptors (Lipinski definition) is 3. The van der Waals surface area contributed by atoms with Gasteiger partial charge < -0.3 is 15.6 Å². The molecule has 0 saturated heterocycles. The minimum absolute atomic E-state index is 0.0674. The van der Waals surface area contributed by atoms with Crippen molar-refractivity contribution in [1.82, 2.24) is 0 Å². The van der Waals surface area contributed by atoms with E-state index >= 15 is 0 Å².